The van der Waals surface area contributed by atoms with E-state index in [0.717, 1.165) is 70.4 Å². The predicted molar refractivity (Wildman–Crippen MR) is 144 cm³/mol. The lowest BCUT2D eigenvalue weighted by atomic mass is 10.1. The molecule has 2 N–H and O–H groups in total. The first-order valence-corrected chi connectivity index (χ1v) is 12.2. The lowest BCUT2D eigenvalue weighted by Crippen LogP contribution is -2.25. The maximum atomic E-state index is 5.68. The molecule has 2 aromatic carbocycles. The highest BCUT2D eigenvalue weighted by Crippen LogP contribution is 2.31. The van der Waals surface area contributed by atoms with Crippen molar-refractivity contribution in [2.75, 3.05) is 45.2 Å². The molecule has 0 bridgehead atoms. The van der Waals surface area contributed by atoms with Crippen molar-refractivity contribution in [2.45, 2.75) is 32.9 Å². The van der Waals surface area contributed by atoms with E-state index in [2.05, 4.69) is 27.3 Å². The van der Waals surface area contributed by atoms with Crippen molar-refractivity contribution in [3.8, 4) is 23.0 Å². The zero-order valence-corrected chi connectivity index (χ0v) is 22.0. The van der Waals surface area contributed by atoms with Crippen LogP contribution in [0, 0.1) is 0 Å². The normalized spacial score (nSPS) is 10.8. The molecule has 4 rings (SSSR count). The van der Waals surface area contributed by atoms with Gasteiger partial charge in [0.05, 0.1) is 34.6 Å². The quantitative estimate of drug-likeness (QED) is 0.247. The van der Waals surface area contributed by atoms with Gasteiger partial charge in [0.25, 0.3) is 0 Å². The number of aromatic nitrogens is 4. The minimum Gasteiger partial charge on any atom is -0.497 e. The van der Waals surface area contributed by atoms with Crippen LogP contribution in [0.1, 0.15) is 30.9 Å². The monoisotopic (exact) mass is 506 g/mol. The molecule has 0 fully saturated rings. The number of anilines is 2. The number of nitrogens with zero attached hydrogens (tertiary/aromatic N) is 4. The molecule has 0 radical (unpaired) electrons. The van der Waals surface area contributed by atoms with Gasteiger partial charge in [-0.3, -0.25) is 5.10 Å². The van der Waals surface area contributed by atoms with Gasteiger partial charge in [0, 0.05) is 42.9 Å². The molecule has 10 heteroatoms. The third-order valence-corrected chi connectivity index (χ3v) is 6.10. The molecule has 196 valence electrons. The lowest BCUT2D eigenvalue weighted by molar-refractivity contribution is 0.389. The van der Waals surface area contributed by atoms with Crippen LogP contribution in [0.15, 0.2) is 42.6 Å². The van der Waals surface area contributed by atoms with E-state index in [4.69, 9.17) is 28.9 Å². The molecule has 0 amide bonds. The van der Waals surface area contributed by atoms with Crippen molar-refractivity contribution >= 4 is 22.8 Å². The summed E-state index contributed by atoms with van der Waals surface area (Å²) in [5.41, 5.74) is 3.44. The summed E-state index contributed by atoms with van der Waals surface area (Å²) in [4.78, 5) is 11.9. The van der Waals surface area contributed by atoms with E-state index in [1.54, 1.807) is 34.6 Å². The fourth-order valence-electron chi connectivity index (χ4n) is 4.05. The number of rotatable bonds is 13. The van der Waals surface area contributed by atoms with Gasteiger partial charge in [-0.1, -0.05) is 13.3 Å². The van der Waals surface area contributed by atoms with Gasteiger partial charge in [-0.05, 0) is 30.7 Å². The fraction of sp³-hybridized carbons (Fsp3) is 0.370. The van der Waals surface area contributed by atoms with Crippen LogP contribution in [0.4, 0.5) is 11.8 Å². The molecule has 2 aromatic heterocycles. The first-order chi connectivity index (χ1) is 18.1. The Bertz CT molecular complexity index is 1270. The number of H-pyrrole nitrogens is 1. The largest absolute Gasteiger partial charge is 0.497 e. The van der Waals surface area contributed by atoms with E-state index in [-0.39, 0.29) is 0 Å². The molecule has 0 spiro atoms. The van der Waals surface area contributed by atoms with E-state index in [1.165, 1.54) is 0 Å². The van der Waals surface area contributed by atoms with Crippen molar-refractivity contribution in [1.29, 1.82) is 0 Å². The van der Waals surface area contributed by atoms with Crippen molar-refractivity contribution in [1.82, 2.24) is 20.2 Å². The van der Waals surface area contributed by atoms with Crippen molar-refractivity contribution in [2.24, 2.45) is 0 Å². The Hall–Kier alpha value is -4.21. The summed E-state index contributed by atoms with van der Waals surface area (Å²) in [7, 11) is 6.58. The standard InChI is InChI=1S/C27H34N6O4/c1-6-7-12-28-26-25-22(15-29-32-25)30-27(31-26)33(16-18-8-10-20(34-2)13-23(18)36-4)17-19-9-11-21(35-3)14-24(19)37-5/h8-11,13-15H,6-7,12,16-17H2,1-5H3,(H,29,32)(H,28,30,31). The number of unbranched alkanes of at least 4 members (excludes halogenated alkanes) is 1. The number of hydrogen-bond acceptors (Lipinski definition) is 9. The second kappa shape index (κ2) is 12.2. The summed E-state index contributed by atoms with van der Waals surface area (Å²) in [6, 6.07) is 11.6. The second-order valence-corrected chi connectivity index (χ2v) is 8.49. The zero-order valence-electron chi connectivity index (χ0n) is 22.0. The zero-order chi connectivity index (χ0) is 26.2. The van der Waals surface area contributed by atoms with Gasteiger partial charge in [0.15, 0.2) is 5.82 Å². The van der Waals surface area contributed by atoms with Gasteiger partial charge in [-0.2, -0.15) is 10.1 Å². The van der Waals surface area contributed by atoms with E-state index < -0.39 is 0 Å². The first kappa shape index (κ1) is 25.9. The highest BCUT2D eigenvalue weighted by atomic mass is 16.5. The maximum Gasteiger partial charge on any atom is 0.228 e. The molecule has 2 heterocycles. The van der Waals surface area contributed by atoms with Gasteiger partial charge >= 0.3 is 0 Å². The van der Waals surface area contributed by atoms with Crippen LogP contribution < -0.4 is 29.2 Å². The molecule has 0 saturated heterocycles. The third-order valence-electron chi connectivity index (χ3n) is 6.10. The molecule has 37 heavy (non-hydrogen) atoms. The second-order valence-electron chi connectivity index (χ2n) is 8.49. The van der Waals surface area contributed by atoms with Crippen LogP contribution in [0.5, 0.6) is 23.0 Å². The smallest absolute Gasteiger partial charge is 0.228 e. The number of fused-ring (bicyclic) bond motifs is 1. The summed E-state index contributed by atoms with van der Waals surface area (Å²) in [6.45, 7) is 3.94. The summed E-state index contributed by atoms with van der Waals surface area (Å²) < 4.78 is 22.1. The van der Waals surface area contributed by atoms with Crippen LogP contribution >= 0.6 is 0 Å². The van der Waals surface area contributed by atoms with E-state index in [1.807, 2.05) is 36.4 Å². The van der Waals surface area contributed by atoms with Gasteiger partial charge < -0.3 is 29.2 Å². The maximum absolute atomic E-state index is 5.68. The number of aromatic amines is 1. The van der Waals surface area contributed by atoms with Gasteiger partial charge in [0.2, 0.25) is 5.95 Å². The highest BCUT2D eigenvalue weighted by Gasteiger charge is 2.20. The molecule has 4 aromatic rings. The number of hydrogen-bond donors (Lipinski definition) is 2. The molecule has 0 aliphatic heterocycles. The van der Waals surface area contributed by atoms with Crippen LogP contribution in [0.3, 0.4) is 0 Å². The Morgan fingerprint density at radius 3 is 2.00 bits per heavy atom. The summed E-state index contributed by atoms with van der Waals surface area (Å²) in [5.74, 6) is 4.17. The molecule has 0 saturated carbocycles. The summed E-state index contributed by atoms with van der Waals surface area (Å²) in [5, 5.41) is 10.7. The average Bonchev–Trinajstić information content (AvgIpc) is 3.42. The SMILES string of the molecule is CCCCNc1nc(N(Cc2ccc(OC)cc2OC)Cc2ccc(OC)cc2OC)nc2cn[nH]c12. The Labute approximate surface area is 216 Å². The molecule has 10 nitrogen and oxygen atoms in total. The van der Waals surface area contributed by atoms with Crippen molar-refractivity contribution in [3.63, 3.8) is 0 Å². The van der Waals surface area contributed by atoms with Gasteiger partial charge in [-0.25, -0.2) is 4.98 Å². The average molecular weight is 507 g/mol. The lowest BCUT2D eigenvalue weighted by Gasteiger charge is -2.25. The summed E-state index contributed by atoms with van der Waals surface area (Å²) >= 11 is 0. The molecular weight excluding hydrogens is 472 g/mol. The third kappa shape index (κ3) is 5.96. The fourth-order valence-corrected chi connectivity index (χ4v) is 4.05. The first-order valence-electron chi connectivity index (χ1n) is 12.2. The Morgan fingerprint density at radius 2 is 1.46 bits per heavy atom. The number of methoxy groups -OCH3 is 4. The molecule has 0 atom stereocenters. The molecule has 0 aliphatic rings. The highest BCUT2D eigenvalue weighted by molar-refractivity contribution is 5.85. The minimum absolute atomic E-state index is 0.486. The number of ether oxygens (including phenoxy) is 4. The topological polar surface area (TPSA) is 107 Å². The van der Waals surface area contributed by atoms with Crippen LogP contribution in [0.25, 0.3) is 11.0 Å². The predicted octanol–water partition coefficient (Wildman–Crippen LogP) is 4.81. The van der Waals surface area contributed by atoms with Crippen LogP contribution in [0.2, 0.25) is 0 Å². The molecule has 0 unspecified atom stereocenters. The van der Waals surface area contributed by atoms with Gasteiger partial charge in [-0.15, -0.1) is 0 Å². The van der Waals surface area contributed by atoms with Crippen LogP contribution in [-0.2, 0) is 13.1 Å². The Morgan fingerprint density at radius 1 is 0.838 bits per heavy atom. The molecular formula is C27H34N6O4. The minimum atomic E-state index is 0.486. The van der Waals surface area contributed by atoms with Crippen molar-refractivity contribution < 1.29 is 18.9 Å². The van der Waals surface area contributed by atoms with Crippen molar-refractivity contribution in [3.05, 3.63) is 53.7 Å². The Balaban J connectivity index is 1.77. The number of nitrogens with one attached hydrogen (secondary N) is 2. The Kier molecular flexibility index (Phi) is 8.50. The number of benzene rings is 2. The van der Waals surface area contributed by atoms with Gasteiger partial charge in [0.1, 0.15) is 34.0 Å². The van der Waals surface area contributed by atoms with Crippen LogP contribution in [-0.4, -0.2) is 55.1 Å². The summed E-state index contributed by atoms with van der Waals surface area (Å²) in [6.07, 6.45) is 3.83. The van der Waals surface area contributed by atoms with E-state index in [0.29, 0.717) is 19.0 Å². The van der Waals surface area contributed by atoms with E-state index in [9.17, 15) is 0 Å². The molecule has 0 aliphatic carbocycles. The van der Waals surface area contributed by atoms with E-state index >= 15 is 0 Å².